The molecule has 2 aromatic heterocycles. The molecule has 24 heavy (non-hydrogen) atoms. The molecule has 4 N–H and O–H groups in total. The number of ketones is 1. The molecule has 0 aliphatic rings. The second-order valence-electron chi connectivity index (χ2n) is 4.49. The largest absolute Gasteiger partial charge is 0.480 e. The quantitative estimate of drug-likeness (QED) is 0.358. The number of nitrogens with one attached hydrogen (secondary N) is 2. The molecule has 0 amide bonds. The first-order valence-electron chi connectivity index (χ1n) is 6.53. The Bertz CT molecular complexity index is 660. The lowest BCUT2D eigenvalue weighted by Crippen LogP contribution is -2.17. The molecule has 0 fully saturated rings. The minimum Gasteiger partial charge on any atom is -0.480 e. The van der Waals surface area contributed by atoms with Gasteiger partial charge < -0.3 is 20.2 Å². The molecule has 0 aromatic carbocycles. The number of carboxylic acid groups (broad SMARTS) is 2. The van der Waals surface area contributed by atoms with E-state index >= 15 is 0 Å². The molecule has 0 aliphatic heterocycles. The van der Waals surface area contributed by atoms with Gasteiger partial charge in [0.15, 0.2) is 5.78 Å². The first-order chi connectivity index (χ1) is 11.3. The Balaban J connectivity index is 0.000000243. The molecule has 9 nitrogen and oxygen atoms in total. The van der Waals surface area contributed by atoms with Gasteiger partial charge in [-0.2, -0.15) is 0 Å². The summed E-state index contributed by atoms with van der Waals surface area (Å²) in [6.45, 7) is 0. The van der Waals surface area contributed by atoms with Crippen LogP contribution in [0.5, 0.6) is 0 Å². The third-order valence-electron chi connectivity index (χ3n) is 2.65. The smallest absolute Gasteiger partial charge is 0.317 e. The molecule has 2 heterocycles. The highest BCUT2D eigenvalue weighted by Crippen LogP contribution is 2.09. The van der Waals surface area contributed by atoms with Gasteiger partial charge in [-0.1, -0.05) is 31.9 Å². The van der Waals surface area contributed by atoms with Gasteiger partial charge in [0.1, 0.15) is 15.3 Å². The van der Waals surface area contributed by atoms with E-state index in [9.17, 15) is 14.4 Å². The van der Waals surface area contributed by atoms with Crippen molar-refractivity contribution in [2.75, 3.05) is 0 Å². The van der Waals surface area contributed by atoms with Crippen LogP contribution in [-0.4, -0.2) is 57.5 Å². The molecule has 0 bridgehead atoms. The predicted molar refractivity (Wildman–Crippen MR) is 90.5 cm³/mol. The summed E-state index contributed by atoms with van der Waals surface area (Å²) >= 11 is 5.89. The van der Waals surface area contributed by atoms with Crippen molar-refractivity contribution in [1.82, 2.24) is 19.9 Å². The van der Waals surface area contributed by atoms with Crippen LogP contribution in [0.4, 0.5) is 0 Å². The summed E-state index contributed by atoms with van der Waals surface area (Å²) in [5.41, 5.74) is 1.14. The Labute approximate surface area is 153 Å². The monoisotopic (exact) mass is 464 g/mol. The van der Waals surface area contributed by atoms with Gasteiger partial charge in [-0.25, -0.2) is 9.97 Å². The maximum absolute atomic E-state index is 11.3. The zero-order chi connectivity index (χ0) is 18.1. The molecule has 2 rings (SSSR count). The molecule has 0 radical (unpaired) electrons. The Hall–Kier alpha value is -2.01. The van der Waals surface area contributed by atoms with Crippen molar-refractivity contribution in [2.45, 2.75) is 22.5 Å². The summed E-state index contributed by atoms with van der Waals surface area (Å²) < 4.78 is 0. The van der Waals surface area contributed by atoms with E-state index in [0.29, 0.717) is 12.1 Å². The standard InChI is InChI=1S/C7H7BrN2O3.C6H7BrN2O2/c8-4(7(12)13)1-6(11)5-2-9-3-10-5;7-5(6(10)11)1-4-2-8-3-9-4/h2-4H,1H2,(H,9,10)(H,12,13);2-3,5H,1H2,(H,8,9)(H,10,11). The van der Waals surface area contributed by atoms with E-state index in [4.69, 9.17) is 10.2 Å². The van der Waals surface area contributed by atoms with Crippen molar-refractivity contribution in [3.05, 3.63) is 36.4 Å². The summed E-state index contributed by atoms with van der Waals surface area (Å²) in [6, 6.07) is 0. The number of carboxylic acids is 2. The maximum atomic E-state index is 11.3. The van der Waals surface area contributed by atoms with Crippen LogP contribution in [0.25, 0.3) is 0 Å². The number of hydrogen-bond acceptors (Lipinski definition) is 5. The van der Waals surface area contributed by atoms with E-state index in [1.807, 2.05) is 0 Å². The molecule has 0 spiro atoms. The number of carbonyl (C=O) groups is 3. The number of rotatable bonds is 7. The summed E-state index contributed by atoms with van der Waals surface area (Å²) in [4.78, 5) is 43.4. The van der Waals surface area contributed by atoms with Crippen LogP contribution in [0, 0.1) is 0 Å². The predicted octanol–water partition coefficient (Wildman–Crippen LogP) is 1.63. The van der Waals surface area contributed by atoms with Crippen LogP contribution >= 0.6 is 31.9 Å². The Morgan fingerprint density at radius 2 is 1.58 bits per heavy atom. The lowest BCUT2D eigenvalue weighted by molar-refractivity contribution is -0.137. The summed E-state index contributed by atoms with van der Waals surface area (Å²) in [5, 5.41) is 17.0. The van der Waals surface area contributed by atoms with Gasteiger partial charge in [-0.05, 0) is 0 Å². The Morgan fingerprint density at radius 3 is 2.04 bits per heavy atom. The zero-order valence-electron chi connectivity index (χ0n) is 12.1. The fourth-order valence-electron chi connectivity index (χ4n) is 1.45. The van der Waals surface area contributed by atoms with Gasteiger partial charge >= 0.3 is 11.9 Å². The molecule has 2 aromatic rings. The average molecular weight is 466 g/mol. The molecular formula is C13H14Br2N4O5. The van der Waals surface area contributed by atoms with Crippen LogP contribution in [0.3, 0.4) is 0 Å². The molecule has 2 unspecified atom stereocenters. The summed E-state index contributed by atoms with van der Waals surface area (Å²) in [5.74, 6) is -2.19. The number of aliphatic carboxylic acids is 2. The van der Waals surface area contributed by atoms with Crippen molar-refractivity contribution in [3.63, 3.8) is 0 Å². The third kappa shape index (κ3) is 7.04. The number of Topliss-reactive ketones (excluding diaryl/α,β-unsaturated/α-hetero) is 1. The molecular weight excluding hydrogens is 452 g/mol. The number of alkyl halides is 2. The van der Waals surface area contributed by atoms with Crippen LogP contribution in [0.15, 0.2) is 25.0 Å². The number of aromatic nitrogens is 4. The van der Waals surface area contributed by atoms with Gasteiger partial charge in [0.05, 0.1) is 18.9 Å². The molecule has 0 saturated heterocycles. The first kappa shape index (κ1) is 20.0. The average Bonchev–Trinajstić information content (AvgIpc) is 3.20. The van der Waals surface area contributed by atoms with Crippen LogP contribution < -0.4 is 0 Å². The number of aromatic amines is 2. The van der Waals surface area contributed by atoms with E-state index in [2.05, 4.69) is 51.8 Å². The van der Waals surface area contributed by atoms with E-state index in [-0.39, 0.29) is 12.2 Å². The first-order valence-corrected chi connectivity index (χ1v) is 8.37. The molecule has 130 valence electrons. The second kappa shape index (κ2) is 9.98. The van der Waals surface area contributed by atoms with E-state index in [1.54, 1.807) is 6.20 Å². The number of imidazole rings is 2. The van der Waals surface area contributed by atoms with Crippen LogP contribution in [0.2, 0.25) is 0 Å². The van der Waals surface area contributed by atoms with Crippen LogP contribution in [0.1, 0.15) is 22.6 Å². The number of hydrogen-bond donors (Lipinski definition) is 4. The maximum Gasteiger partial charge on any atom is 0.317 e. The highest BCUT2D eigenvalue weighted by molar-refractivity contribution is 9.10. The third-order valence-corrected chi connectivity index (χ3v) is 4.08. The minimum absolute atomic E-state index is 0.0858. The molecule has 11 heteroatoms. The molecule has 0 saturated carbocycles. The van der Waals surface area contributed by atoms with Crippen LogP contribution in [-0.2, 0) is 16.0 Å². The number of nitrogens with zero attached hydrogens (tertiary/aromatic N) is 2. The summed E-state index contributed by atoms with van der Waals surface area (Å²) in [6.07, 6.45) is 6.21. The van der Waals surface area contributed by atoms with Gasteiger partial charge in [0.25, 0.3) is 0 Å². The fourth-order valence-corrected chi connectivity index (χ4v) is 2.09. The van der Waals surface area contributed by atoms with Crippen molar-refractivity contribution in [3.8, 4) is 0 Å². The van der Waals surface area contributed by atoms with Gasteiger partial charge in [0.2, 0.25) is 0 Å². The summed E-state index contributed by atoms with van der Waals surface area (Å²) in [7, 11) is 0. The van der Waals surface area contributed by atoms with Crippen molar-refractivity contribution in [1.29, 1.82) is 0 Å². The van der Waals surface area contributed by atoms with Crippen molar-refractivity contribution >= 4 is 49.6 Å². The second-order valence-corrected chi connectivity index (χ2v) is 6.70. The Kier molecular flexibility index (Phi) is 8.33. The highest BCUT2D eigenvalue weighted by Gasteiger charge is 2.19. The molecule has 0 aliphatic carbocycles. The number of halogens is 2. The van der Waals surface area contributed by atoms with Gasteiger partial charge in [0, 0.05) is 24.7 Å². The topological polar surface area (TPSA) is 149 Å². The lowest BCUT2D eigenvalue weighted by atomic mass is 10.2. The van der Waals surface area contributed by atoms with Gasteiger partial charge in [-0.3, -0.25) is 14.4 Å². The number of H-pyrrole nitrogens is 2. The SMILES string of the molecule is O=C(CC(Br)C(=O)O)c1cnc[nH]1.O=C(O)C(Br)Cc1cnc[nH]1. The number of carbonyl (C=O) groups excluding carboxylic acids is 1. The lowest BCUT2D eigenvalue weighted by Gasteiger charge is -2.00. The normalized spacial score (nSPS) is 12.6. The zero-order valence-corrected chi connectivity index (χ0v) is 15.3. The molecule has 2 atom stereocenters. The van der Waals surface area contributed by atoms with Crippen molar-refractivity contribution in [2.24, 2.45) is 0 Å². The van der Waals surface area contributed by atoms with E-state index < -0.39 is 21.6 Å². The van der Waals surface area contributed by atoms with Crippen molar-refractivity contribution < 1.29 is 24.6 Å². The minimum atomic E-state index is -1.05. The van der Waals surface area contributed by atoms with E-state index in [1.165, 1.54) is 18.9 Å². The Morgan fingerprint density at radius 1 is 1.00 bits per heavy atom. The van der Waals surface area contributed by atoms with Gasteiger partial charge in [-0.15, -0.1) is 0 Å². The fraction of sp³-hybridized carbons (Fsp3) is 0.308. The van der Waals surface area contributed by atoms with E-state index in [0.717, 1.165) is 5.69 Å². The highest BCUT2D eigenvalue weighted by atomic mass is 79.9.